The third kappa shape index (κ3) is 7.24. The molecule has 0 saturated heterocycles. The van der Waals surface area contributed by atoms with E-state index in [1.54, 1.807) is 24.3 Å². The van der Waals surface area contributed by atoms with E-state index in [1.807, 2.05) is 26.8 Å². The molecule has 164 valence electrons. The minimum atomic E-state index is -0.883. The van der Waals surface area contributed by atoms with Crippen molar-refractivity contribution in [2.75, 3.05) is 6.61 Å². The van der Waals surface area contributed by atoms with Crippen LogP contribution in [-0.4, -0.2) is 23.7 Å². The lowest BCUT2D eigenvalue weighted by molar-refractivity contribution is -0.140. The summed E-state index contributed by atoms with van der Waals surface area (Å²) in [5.74, 6) is 0.403. The van der Waals surface area contributed by atoms with Crippen molar-refractivity contribution in [3.05, 3.63) is 56.5 Å². The van der Waals surface area contributed by atoms with Crippen LogP contribution < -0.4 is 14.8 Å². The molecule has 0 saturated carbocycles. The van der Waals surface area contributed by atoms with Gasteiger partial charge in [0, 0.05) is 17.6 Å². The van der Waals surface area contributed by atoms with Crippen LogP contribution in [0.2, 0.25) is 15.1 Å². The van der Waals surface area contributed by atoms with Crippen molar-refractivity contribution in [1.82, 2.24) is 5.32 Å². The molecular weight excluding hydrogens is 449 g/mol. The summed E-state index contributed by atoms with van der Waals surface area (Å²) in [5, 5.41) is 13.9. The fraction of sp³-hybridized carbons (Fsp3) is 0.409. The van der Waals surface area contributed by atoms with Crippen molar-refractivity contribution >= 4 is 40.8 Å². The quantitative estimate of drug-likeness (QED) is 0.405. The molecule has 0 aliphatic carbocycles. The molecule has 0 heterocycles. The summed E-state index contributed by atoms with van der Waals surface area (Å²) in [5.41, 5.74) is 1.59. The first kappa shape index (κ1) is 24.6. The van der Waals surface area contributed by atoms with Gasteiger partial charge in [-0.05, 0) is 48.6 Å². The van der Waals surface area contributed by atoms with E-state index >= 15 is 0 Å². The van der Waals surface area contributed by atoms with Crippen LogP contribution in [0.25, 0.3) is 0 Å². The van der Waals surface area contributed by atoms with E-state index in [1.165, 1.54) is 0 Å². The molecule has 5 nitrogen and oxygen atoms in total. The highest BCUT2D eigenvalue weighted by atomic mass is 35.5. The van der Waals surface area contributed by atoms with E-state index in [-0.39, 0.29) is 12.5 Å². The van der Waals surface area contributed by atoms with Crippen molar-refractivity contribution in [2.24, 2.45) is 5.92 Å². The van der Waals surface area contributed by atoms with Crippen molar-refractivity contribution < 1.29 is 19.4 Å². The zero-order chi connectivity index (χ0) is 22.3. The van der Waals surface area contributed by atoms with E-state index < -0.39 is 12.0 Å². The normalized spacial score (nSPS) is 12.1. The van der Waals surface area contributed by atoms with Crippen LogP contribution in [0, 0.1) is 5.92 Å². The van der Waals surface area contributed by atoms with Crippen molar-refractivity contribution in [3.63, 3.8) is 0 Å². The fourth-order valence-electron chi connectivity index (χ4n) is 2.86. The van der Waals surface area contributed by atoms with Gasteiger partial charge in [-0.15, -0.1) is 0 Å². The monoisotopic (exact) mass is 473 g/mol. The van der Waals surface area contributed by atoms with Crippen LogP contribution in [0.5, 0.6) is 11.5 Å². The molecule has 8 heteroatoms. The van der Waals surface area contributed by atoms with Gasteiger partial charge in [0.25, 0.3) is 0 Å². The Morgan fingerprint density at radius 1 is 1.03 bits per heavy atom. The predicted octanol–water partition coefficient (Wildman–Crippen LogP) is 6.21. The largest absolute Gasteiger partial charge is 0.490 e. The number of carboxylic acids is 1. The number of aliphatic carboxylic acids is 1. The van der Waals surface area contributed by atoms with E-state index in [0.717, 1.165) is 11.1 Å². The molecule has 2 rings (SSSR count). The summed E-state index contributed by atoms with van der Waals surface area (Å²) < 4.78 is 11.6. The molecule has 0 fully saturated rings. The second-order valence-corrected chi connectivity index (χ2v) is 8.48. The maximum atomic E-state index is 11.5. The van der Waals surface area contributed by atoms with Crippen LogP contribution in [0.4, 0.5) is 0 Å². The molecule has 1 atom stereocenters. The molecule has 2 N–H and O–H groups in total. The number of rotatable bonds is 11. The second-order valence-electron chi connectivity index (χ2n) is 7.26. The average Bonchev–Trinajstić information content (AvgIpc) is 2.68. The first-order valence-corrected chi connectivity index (χ1v) is 10.8. The second kappa shape index (κ2) is 11.7. The molecule has 0 aromatic heterocycles. The minimum Gasteiger partial charge on any atom is -0.490 e. The van der Waals surface area contributed by atoms with Crippen LogP contribution in [-0.2, 0) is 17.9 Å². The Morgan fingerprint density at radius 3 is 2.33 bits per heavy atom. The Kier molecular flexibility index (Phi) is 9.56. The predicted molar refractivity (Wildman–Crippen MR) is 121 cm³/mol. The molecule has 0 aliphatic heterocycles. The number of benzene rings is 2. The van der Waals surface area contributed by atoms with Gasteiger partial charge in [-0.1, -0.05) is 54.7 Å². The van der Waals surface area contributed by atoms with Crippen molar-refractivity contribution in [2.45, 2.75) is 46.4 Å². The standard InChI is InChI=1S/C22H26Cl3NO4/c1-4-29-20-9-15(11-26-19(22(27)28)7-13(2)3)17(24)10-21(20)30-12-14-5-6-16(23)18(25)8-14/h5-6,8-10,13,19,26H,4,7,11-12H2,1-3H3,(H,27,28). The van der Waals surface area contributed by atoms with E-state index in [2.05, 4.69) is 5.32 Å². The fourth-order valence-corrected chi connectivity index (χ4v) is 3.40. The lowest BCUT2D eigenvalue weighted by atomic mass is 10.0. The van der Waals surface area contributed by atoms with Crippen LogP contribution in [0.3, 0.4) is 0 Å². The minimum absolute atomic E-state index is 0.255. The molecule has 0 amide bonds. The Hall–Kier alpha value is -1.66. The topological polar surface area (TPSA) is 67.8 Å². The van der Waals surface area contributed by atoms with Gasteiger partial charge in [0.2, 0.25) is 0 Å². The molecule has 0 bridgehead atoms. The third-order valence-electron chi connectivity index (χ3n) is 4.34. The van der Waals surface area contributed by atoms with Gasteiger partial charge in [-0.3, -0.25) is 4.79 Å². The highest BCUT2D eigenvalue weighted by molar-refractivity contribution is 6.42. The van der Waals surface area contributed by atoms with Gasteiger partial charge in [0.05, 0.1) is 16.7 Å². The Balaban J connectivity index is 2.15. The molecule has 0 radical (unpaired) electrons. The number of carboxylic acid groups (broad SMARTS) is 1. The van der Waals surface area contributed by atoms with E-state index in [0.29, 0.717) is 46.1 Å². The molecule has 0 spiro atoms. The average molecular weight is 475 g/mol. The summed E-state index contributed by atoms with van der Waals surface area (Å²) in [6.45, 7) is 6.85. The number of nitrogens with one attached hydrogen (secondary N) is 1. The molecule has 0 aliphatic rings. The Labute approximate surface area is 192 Å². The number of halogens is 3. The van der Waals surface area contributed by atoms with Crippen LogP contribution in [0.1, 0.15) is 38.3 Å². The summed E-state index contributed by atoms with van der Waals surface area (Å²) in [4.78, 5) is 11.5. The van der Waals surface area contributed by atoms with Crippen LogP contribution in [0.15, 0.2) is 30.3 Å². The van der Waals surface area contributed by atoms with Gasteiger partial charge in [-0.25, -0.2) is 0 Å². The van der Waals surface area contributed by atoms with Gasteiger partial charge in [0.15, 0.2) is 11.5 Å². The van der Waals surface area contributed by atoms with Gasteiger partial charge >= 0.3 is 5.97 Å². The number of hydrogen-bond donors (Lipinski definition) is 2. The highest BCUT2D eigenvalue weighted by Gasteiger charge is 2.19. The Morgan fingerprint density at radius 2 is 1.73 bits per heavy atom. The van der Waals surface area contributed by atoms with E-state index in [4.69, 9.17) is 44.3 Å². The molecular formula is C22H26Cl3NO4. The summed E-state index contributed by atoms with van der Waals surface area (Å²) in [6.07, 6.45) is 0.524. The third-order valence-corrected chi connectivity index (χ3v) is 5.43. The zero-order valence-corrected chi connectivity index (χ0v) is 19.4. The SMILES string of the molecule is CCOc1cc(CNC(CC(C)C)C(=O)O)c(Cl)cc1OCc1ccc(Cl)c(Cl)c1. The van der Waals surface area contributed by atoms with Crippen LogP contribution >= 0.6 is 34.8 Å². The van der Waals surface area contributed by atoms with Crippen molar-refractivity contribution in [1.29, 1.82) is 0 Å². The lowest BCUT2D eigenvalue weighted by Crippen LogP contribution is -2.37. The zero-order valence-electron chi connectivity index (χ0n) is 17.2. The highest BCUT2D eigenvalue weighted by Crippen LogP contribution is 2.34. The first-order chi connectivity index (χ1) is 14.2. The van der Waals surface area contributed by atoms with Crippen molar-refractivity contribution in [3.8, 4) is 11.5 Å². The first-order valence-electron chi connectivity index (χ1n) is 9.69. The maximum Gasteiger partial charge on any atom is 0.320 e. The molecule has 30 heavy (non-hydrogen) atoms. The lowest BCUT2D eigenvalue weighted by Gasteiger charge is -2.19. The smallest absolute Gasteiger partial charge is 0.320 e. The molecule has 2 aromatic rings. The maximum absolute atomic E-state index is 11.5. The Bertz CT molecular complexity index is 874. The summed E-state index contributed by atoms with van der Waals surface area (Å²) in [7, 11) is 0. The number of carbonyl (C=O) groups is 1. The van der Waals surface area contributed by atoms with Gasteiger partial charge in [-0.2, -0.15) is 0 Å². The van der Waals surface area contributed by atoms with E-state index in [9.17, 15) is 9.90 Å². The summed E-state index contributed by atoms with van der Waals surface area (Å²) >= 11 is 18.4. The van der Waals surface area contributed by atoms with Gasteiger partial charge in [0.1, 0.15) is 12.6 Å². The molecule has 2 aromatic carbocycles. The number of hydrogen-bond acceptors (Lipinski definition) is 4. The van der Waals surface area contributed by atoms with Gasteiger partial charge < -0.3 is 19.9 Å². The molecule has 1 unspecified atom stereocenters. The number of ether oxygens (including phenoxy) is 2. The summed E-state index contributed by atoms with van der Waals surface area (Å²) in [6, 6.07) is 8.09.